The van der Waals surface area contributed by atoms with Crippen molar-refractivity contribution < 1.29 is 5.11 Å². The Balaban J connectivity index is 0.000000490. The number of aromatic hydroxyl groups is 1. The molecule has 0 aliphatic rings. The van der Waals surface area contributed by atoms with Crippen LogP contribution in [-0.4, -0.2) is 49.6 Å². The Morgan fingerprint density at radius 3 is 2.00 bits per heavy atom. The molecule has 0 bridgehead atoms. The van der Waals surface area contributed by atoms with Gasteiger partial charge in [0.25, 0.3) is 0 Å². The van der Waals surface area contributed by atoms with Crippen LogP contribution in [0.5, 0.6) is 6.01 Å². The minimum absolute atomic E-state index is 0. The van der Waals surface area contributed by atoms with Crippen LogP contribution in [0, 0.1) is 0 Å². The molecular weight excluding hydrogens is 117 g/mol. The van der Waals surface area contributed by atoms with Crippen LogP contribution < -0.4 is 0 Å². The van der Waals surface area contributed by atoms with Crippen molar-refractivity contribution in [2.75, 3.05) is 0 Å². The number of nitrogens with zero attached hydrogens (tertiary/aromatic N) is 3. The third-order valence-corrected chi connectivity index (χ3v) is 0.480. The zero-order chi connectivity index (χ0) is 5.11. The normalized spacial score (nSPS) is 7.50. The van der Waals surface area contributed by atoms with Crippen LogP contribution in [0.2, 0.25) is 0 Å². The molecule has 8 heavy (non-hydrogen) atoms. The monoisotopic (exact) mass is 121 g/mol. The summed E-state index contributed by atoms with van der Waals surface area (Å²) in [7, 11) is 0. The fourth-order valence-corrected chi connectivity index (χ4v) is 0.233. The van der Waals surface area contributed by atoms with Crippen molar-refractivity contribution in [3.05, 3.63) is 12.7 Å². The standard InChI is InChI=1S/C3H3N3O.Na.H/c7-3-5-1-4-2-6-3;;/h1-2H,(H,4,5,6,7);;. The molecular formula is C3H4N3NaO. The van der Waals surface area contributed by atoms with Crippen molar-refractivity contribution in [3.8, 4) is 6.01 Å². The second kappa shape index (κ2) is 3.77. The topological polar surface area (TPSA) is 58.9 Å². The molecule has 0 radical (unpaired) electrons. The van der Waals surface area contributed by atoms with E-state index in [0.29, 0.717) is 0 Å². The summed E-state index contributed by atoms with van der Waals surface area (Å²) >= 11 is 0. The molecule has 38 valence electrons. The molecule has 0 amide bonds. The van der Waals surface area contributed by atoms with E-state index in [1.807, 2.05) is 0 Å². The molecule has 0 saturated heterocycles. The van der Waals surface area contributed by atoms with Gasteiger partial charge in [0.15, 0.2) is 0 Å². The van der Waals surface area contributed by atoms with E-state index >= 15 is 0 Å². The average molecular weight is 121 g/mol. The molecule has 5 heteroatoms. The Bertz CT molecular complexity index is 144. The van der Waals surface area contributed by atoms with E-state index in [2.05, 4.69) is 15.0 Å². The van der Waals surface area contributed by atoms with Crippen molar-refractivity contribution >= 4 is 29.6 Å². The van der Waals surface area contributed by atoms with Gasteiger partial charge >= 0.3 is 35.6 Å². The second-order valence-corrected chi connectivity index (χ2v) is 0.938. The van der Waals surface area contributed by atoms with Gasteiger partial charge in [-0.15, -0.1) is 0 Å². The summed E-state index contributed by atoms with van der Waals surface area (Å²) in [5, 5.41) is 8.37. The molecule has 0 unspecified atom stereocenters. The first-order valence-corrected chi connectivity index (χ1v) is 1.70. The van der Waals surface area contributed by atoms with Gasteiger partial charge in [-0.05, 0) is 0 Å². The molecule has 0 aliphatic heterocycles. The summed E-state index contributed by atoms with van der Waals surface area (Å²) in [5.41, 5.74) is 0. The fraction of sp³-hybridized carbons (Fsp3) is 0. The average Bonchev–Trinajstić information content (AvgIpc) is 1.69. The number of aromatic nitrogens is 3. The van der Waals surface area contributed by atoms with E-state index in [1.165, 1.54) is 12.7 Å². The molecule has 0 aromatic carbocycles. The quantitative estimate of drug-likeness (QED) is 0.444. The van der Waals surface area contributed by atoms with Crippen LogP contribution >= 0.6 is 0 Å². The van der Waals surface area contributed by atoms with Gasteiger partial charge in [0.1, 0.15) is 12.7 Å². The Morgan fingerprint density at radius 2 is 1.75 bits per heavy atom. The van der Waals surface area contributed by atoms with E-state index in [-0.39, 0.29) is 35.6 Å². The Hall–Kier alpha value is -0.190. The van der Waals surface area contributed by atoms with Crippen LogP contribution in [0.1, 0.15) is 0 Å². The molecule has 4 nitrogen and oxygen atoms in total. The SMILES string of the molecule is Oc1ncncn1.[NaH]. The Labute approximate surface area is 68.3 Å². The van der Waals surface area contributed by atoms with Crippen molar-refractivity contribution in [2.45, 2.75) is 0 Å². The molecule has 1 aromatic heterocycles. The van der Waals surface area contributed by atoms with Crippen molar-refractivity contribution in [1.29, 1.82) is 0 Å². The van der Waals surface area contributed by atoms with E-state index in [4.69, 9.17) is 5.11 Å². The summed E-state index contributed by atoms with van der Waals surface area (Å²) in [5.74, 6) is 0. The summed E-state index contributed by atoms with van der Waals surface area (Å²) in [4.78, 5) is 10.1. The molecule has 0 saturated carbocycles. The first-order valence-electron chi connectivity index (χ1n) is 1.70. The third-order valence-electron chi connectivity index (χ3n) is 0.480. The molecule has 1 aromatic rings. The predicted octanol–water partition coefficient (Wildman–Crippen LogP) is -1.07. The molecule has 1 N–H and O–H groups in total. The first kappa shape index (κ1) is 7.81. The molecule has 0 spiro atoms. The fourth-order valence-electron chi connectivity index (χ4n) is 0.233. The first-order chi connectivity index (χ1) is 3.39. The maximum atomic E-state index is 8.37. The number of hydrogen-bond donors (Lipinski definition) is 1. The minimum atomic E-state index is -0.241. The van der Waals surface area contributed by atoms with Gasteiger partial charge in [0.2, 0.25) is 0 Å². The Kier molecular flexibility index (Phi) is 3.68. The number of rotatable bonds is 0. The van der Waals surface area contributed by atoms with Gasteiger partial charge in [-0.3, -0.25) is 0 Å². The molecule has 0 fully saturated rings. The summed E-state index contributed by atoms with van der Waals surface area (Å²) in [6, 6.07) is -0.241. The van der Waals surface area contributed by atoms with E-state index in [9.17, 15) is 0 Å². The van der Waals surface area contributed by atoms with Gasteiger partial charge in [-0.25, -0.2) is 4.98 Å². The molecule has 1 rings (SSSR count). The molecule has 1 heterocycles. The van der Waals surface area contributed by atoms with Crippen LogP contribution in [0.4, 0.5) is 0 Å². The van der Waals surface area contributed by atoms with Crippen LogP contribution in [-0.2, 0) is 0 Å². The zero-order valence-corrected chi connectivity index (χ0v) is 3.44. The predicted molar refractivity (Wildman–Crippen MR) is 28.6 cm³/mol. The summed E-state index contributed by atoms with van der Waals surface area (Å²) in [6.07, 6.45) is 2.45. The maximum absolute atomic E-state index is 8.37. The Morgan fingerprint density at radius 1 is 1.25 bits per heavy atom. The third kappa shape index (κ3) is 2.20. The van der Waals surface area contributed by atoms with E-state index in [1.54, 1.807) is 0 Å². The van der Waals surface area contributed by atoms with E-state index < -0.39 is 0 Å². The summed E-state index contributed by atoms with van der Waals surface area (Å²) in [6.45, 7) is 0. The van der Waals surface area contributed by atoms with Crippen LogP contribution in [0.3, 0.4) is 0 Å². The van der Waals surface area contributed by atoms with Gasteiger partial charge < -0.3 is 5.11 Å². The van der Waals surface area contributed by atoms with Gasteiger partial charge in [-0.2, -0.15) is 9.97 Å². The van der Waals surface area contributed by atoms with Crippen molar-refractivity contribution in [3.63, 3.8) is 0 Å². The van der Waals surface area contributed by atoms with Crippen molar-refractivity contribution in [1.82, 2.24) is 15.0 Å². The van der Waals surface area contributed by atoms with E-state index in [0.717, 1.165) is 0 Å². The van der Waals surface area contributed by atoms with Crippen molar-refractivity contribution in [2.24, 2.45) is 0 Å². The second-order valence-electron chi connectivity index (χ2n) is 0.938. The van der Waals surface area contributed by atoms with Crippen LogP contribution in [0.25, 0.3) is 0 Å². The summed E-state index contributed by atoms with van der Waals surface area (Å²) < 4.78 is 0. The van der Waals surface area contributed by atoms with Gasteiger partial charge in [0, 0.05) is 0 Å². The zero-order valence-electron chi connectivity index (χ0n) is 3.44. The molecule has 0 atom stereocenters. The number of hydrogen-bond acceptors (Lipinski definition) is 4. The molecule has 0 aliphatic carbocycles. The van der Waals surface area contributed by atoms with Gasteiger partial charge in [0.05, 0.1) is 0 Å². The van der Waals surface area contributed by atoms with Gasteiger partial charge in [-0.1, -0.05) is 0 Å². The van der Waals surface area contributed by atoms with Crippen LogP contribution in [0.15, 0.2) is 12.7 Å².